The van der Waals surface area contributed by atoms with Crippen molar-refractivity contribution in [3.63, 3.8) is 0 Å². The molecule has 0 spiro atoms. The first-order chi connectivity index (χ1) is 16.5. The molecule has 172 valence electrons. The van der Waals surface area contributed by atoms with Crippen LogP contribution in [0.2, 0.25) is 0 Å². The summed E-state index contributed by atoms with van der Waals surface area (Å²) >= 11 is 0. The SMILES string of the molecule is Cc1ccc(-c2ccc3c(=O)[nH]c(O)c(C=Nc4ccc(N5CCN(C)CC5)cc4)c3c2)cc1. The van der Waals surface area contributed by atoms with Crippen LogP contribution in [0.5, 0.6) is 5.88 Å². The minimum atomic E-state index is -0.323. The lowest BCUT2D eigenvalue weighted by Crippen LogP contribution is -2.44. The van der Waals surface area contributed by atoms with E-state index in [9.17, 15) is 9.90 Å². The molecule has 6 heteroatoms. The van der Waals surface area contributed by atoms with Crippen LogP contribution in [0, 0.1) is 6.92 Å². The van der Waals surface area contributed by atoms with Crippen molar-refractivity contribution in [2.24, 2.45) is 4.99 Å². The zero-order valence-electron chi connectivity index (χ0n) is 19.5. The van der Waals surface area contributed by atoms with Crippen LogP contribution in [0.25, 0.3) is 21.9 Å². The Morgan fingerprint density at radius 1 is 0.882 bits per heavy atom. The molecule has 0 aliphatic carbocycles. The number of aliphatic imine (C=N–C) groups is 1. The fourth-order valence-electron chi connectivity index (χ4n) is 4.34. The van der Waals surface area contributed by atoms with Crippen molar-refractivity contribution in [1.29, 1.82) is 0 Å². The Labute approximate surface area is 198 Å². The molecule has 0 bridgehead atoms. The molecule has 1 aliphatic rings. The molecule has 0 saturated carbocycles. The van der Waals surface area contributed by atoms with Gasteiger partial charge >= 0.3 is 0 Å². The van der Waals surface area contributed by atoms with Gasteiger partial charge < -0.3 is 14.9 Å². The lowest BCUT2D eigenvalue weighted by Gasteiger charge is -2.34. The standard InChI is InChI=1S/C28H28N4O2/c1-19-3-5-20(6-4-19)21-7-12-24-25(17-21)26(28(34)30-27(24)33)18-29-22-8-10-23(11-9-22)32-15-13-31(2)14-16-32/h3-12,17-18H,13-16H2,1-2H3,(H2,30,33,34). The molecular formula is C28H28N4O2. The lowest BCUT2D eigenvalue weighted by atomic mass is 9.99. The number of likely N-dealkylation sites (N-methyl/N-ethyl adjacent to an activating group) is 1. The van der Waals surface area contributed by atoms with Gasteiger partial charge in [0.15, 0.2) is 0 Å². The monoisotopic (exact) mass is 452 g/mol. The summed E-state index contributed by atoms with van der Waals surface area (Å²) in [6.45, 7) is 6.19. The molecule has 0 atom stereocenters. The second-order valence-electron chi connectivity index (χ2n) is 8.91. The Hall–Kier alpha value is -3.90. The number of aromatic amines is 1. The number of hydrogen-bond donors (Lipinski definition) is 2. The normalized spacial score (nSPS) is 14.8. The maximum atomic E-state index is 12.5. The number of aromatic hydroxyl groups is 1. The van der Waals surface area contributed by atoms with E-state index in [4.69, 9.17) is 0 Å². The van der Waals surface area contributed by atoms with Gasteiger partial charge in [0.05, 0.1) is 11.3 Å². The van der Waals surface area contributed by atoms with Gasteiger partial charge in [-0.25, -0.2) is 0 Å². The molecule has 1 aliphatic heterocycles. The molecule has 0 unspecified atom stereocenters. The van der Waals surface area contributed by atoms with Crippen LogP contribution in [0.3, 0.4) is 0 Å². The zero-order valence-corrected chi connectivity index (χ0v) is 19.5. The van der Waals surface area contributed by atoms with E-state index >= 15 is 0 Å². The highest BCUT2D eigenvalue weighted by Crippen LogP contribution is 2.28. The molecule has 3 aromatic carbocycles. The van der Waals surface area contributed by atoms with Gasteiger partial charge in [-0.05, 0) is 61.5 Å². The number of pyridine rings is 1. The van der Waals surface area contributed by atoms with Gasteiger partial charge in [-0.3, -0.25) is 14.8 Å². The fourth-order valence-corrected chi connectivity index (χ4v) is 4.34. The minimum Gasteiger partial charge on any atom is -0.494 e. The third-order valence-corrected chi connectivity index (χ3v) is 6.49. The average molecular weight is 453 g/mol. The molecule has 0 radical (unpaired) electrons. The summed E-state index contributed by atoms with van der Waals surface area (Å²) in [5.41, 5.74) is 5.35. The second-order valence-corrected chi connectivity index (χ2v) is 8.91. The first-order valence-corrected chi connectivity index (χ1v) is 11.5. The van der Waals surface area contributed by atoms with E-state index in [1.54, 1.807) is 12.3 Å². The Balaban J connectivity index is 1.47. The average Bonchev–Trinajstić information content (AvgIpc) is 2.85. The van der Waals surface area contributed by atoms with Crippen LogP contribution in [-0.4, -0.2) is 54.4 Å². The zero-order chi connectivity index (χ0) is 23.7. The van der Waals surface area contributed by atoms with E-state index in [1.807, 2.05) is 31.2 Å². The van der Waals surface area contributed by atoms with Crippen molar-refractivity contribution in [1.82, 2.24) is 9.88 Å². The summed E-state index contributed by atoms with van der Waals surface area (Å²) in [6, 6.07) is 22.0. The third kappa shape index (κ3) is 4.45. The number of anilines is 1. The largest absolute Gasteiger partial charge is 0.494 e. The summed E-state index contributed by atoms with van der Waals surface area (Å²) in [6.07, 6.45) is 1.62. The Morgan fingerprint density at radius 3 is 2.26 bits per heavy atom. The van der Waals surface area contributed by atoms with E-state index < -0.39 is 0 Å². The number of nitrogens with zero attached hydrogens (tertiary/aromatic N) is 3. The van der Waals surface area contributed by atoms with Gasteiger partial charge in [-0.1, -0.05) is 35.9 Å². The maximum Gasteiger partial charge on any atom is 0.258 e. The van der Waals surface area contributed by atoms with E-state index in [0.29, 0.717) is 16.3 Å². The highest BCUT2D eigenvalue weighted by molar-refractivity contribution is 6.03. The summed E-state index contributed by atoms with van der Waals surface area (Å²) in [7, 11) is 2.15. The predicted octanol–water partition coefficient (Wildman–Crippen LogP) is 4.71. The predicted molar refractivity (Wildman–Crippen MR) is 140 cm³/mol. The van der Waals surface area contributed by atoms with E-state index in [2.05, 4.69) is 63.2 Å². The van der Waals surface area contributed by atoms with E-state index in [-0.39, 0.29) is 11.4 Å². The van der Waals surface area contributed by atoms with E-state index in [0.717, 1.165) is 43.0 Å². The molecule has 1 saturated heterocycles. The van der Waals surface area contributed by atoms with Crippen LogP contribution in [0.1, 0.15) is 11.1 Å². The van der Waals surface area contributed by atoms with Crippen molar-refractivity contribution in [2.45, 2.75) is 6.92 Å². The van der Waals surface area contributed by atoms with Gasteiger partial charge in [-0.2, -0.15) is 0 Å². The summed E-state index contributed by atoms with van der Waals surface area (Å²) in [5.74, 6) is -0.184. The maximum absolute atomic E-state index is 12.5. The molecule has 4 aromatic rings. The topological polar surface area (TPSA) is 71.9 Å². The molecule has 6 nitrogen and oxygen atoms in total. The van der Waals surface area contributed by atoms with Crippen LogP contribution in [0.4, 0.5) is 11.4 Å². The number of nitrogens with one attached hydrogen (secondary N) is 1. The molecule has 0 amide bonds. The number of aryl methyl sites for hydroxylation is 1. The number of fused-ring (bicyclic) bond motifs is 1. The summed E-state index contributed by atoms with van der Waals surface area (Å²) < 4.78 is 0. The fraction of sp³-hybridized carbons (Fsp3) is 0.214. The molecule has 2 N–H and O–H groups in total. The number of benzene rings is 3. The minimum absolute atomic E-state index is 0.184. The molecule has 5 rings (SSSR count). The molecule has 34 heavy (non-hydrogen) atoms. The molecule has 2 heterocycles. The molecular weight excluding hydrogens is 424 g/mol. The van der Waals surface area contributed by atoms with Gasteiger partial charge in [0.1, 0.15) is 0 Å². The van der Waals surface area contributed by atoms with Crippen LogP contribution < -0.4 is 10.5 Å². The van der Waals surface area contributed by atoms with Crippen molar-refractivity contribution < 1.29 is 5.11 Å². The number of H-pyrrole nitrogens is 1. The lowest BCUT2D eigenvalue weighted by molar-refractivity contribution is 0.313. The van der Waals surface area contributed by atoms with Crippen LogP contribution in [0.15, 0.2) is 76.5 Å². The number of aromatic nitrogens is 1. The Kier molecular flexibility index (Phi) is 5.90. The van der Waals surface area contributed by atoms with Crippen molar-refractivity contribution in [3.8, 4) is 17.0 Å². The van der Waals surface area contributed by atoms with Crippen molar-refractivity contribution in [3.05, 3.63) is 88.2 Å². The smallest absolute Gasteiger partial charge is 0.258 e. The first-order valence-electron chi connectivity index (χ1n) is 11.5. The second kappa shape index (κ2) is 9.15. The van der Waals surface area contributed by atoms with Crippen LogP contribution >= 0.6 is 0 Å². The van der Waals surface area contributed by atoms with E-state index in [1.165, 1.54) is 11.3 Å². The van der Waals surface area contributed by atoms with Gasteiger partial charge in [0.2, 0.25) is 5.88 Å². The molecule has 1 fully saturated rings. The highest BCUT2D eigenvalue weighted by atomic mass is 16.3. The van der Waals surface area contributed by atoms with Gasteiger partial charge in [0, 0.05) is 48.9 Å². The number of hydrogen-bond acceptors (Lipinski definition) is 5. The van der Waals surface area contributed by atoms with Gasteiger partial charge in [-0.15, -0.1) is 0 Å². The summed E-state index contributed by atoms with van der Waals surface area (Å²) in [5, 5.41) is 11.7. The Morgan fingerprint density at radius 2 is 1.56 bits per heavy atom. The number of piperazine rings is 1. The third-order valence-electron chi connectivity index (χ3n) is 6.49. The Bertz CT molecular complexity index is 1400. The quantitative estimate of drug-likeness (QED) is 0.440. The number of rotatable bonds is 4. The highest BCUT2D eigenvalue weighted by Gasteiger charge is 2.14. The summed E-state index contributed by atoms with van der Waals surface area (Å²) in [4.78, 5) is 24.3. The first kappa shape index (κ1) is 21.9. The van der Waals surface area contributed by atoms with Crippen molar-refractivity contribution in [2.75, 3.05) is 38.1 Å². The van der Waals surface area contributed by atoms with Crippen LogP contribution in [-0.2, 0) is 0 Å². The van der Waals surface area contributed by atoms with Gasteiger partial charge in [0.25, 0.3) is 5.56 Å². The van der Waals surface area contributed by atoms with Crippen molar-refractivity contribution >= 4 is 28.4 Å². The molecule has 1 aromatic heterocycles.